The maximum Gasteiger partial charge on any atom is 0.116 e. The number of hydrogen-bond donors (Lipinski definition) is 2. The van der Waals surface area contributed by atoms with Gasteiger partial charge >= 0.3 is 0 Å². The first kappa shape index (κ1) is 12.6. The van der Waals surface area contributed by atoms with Crippen LogP contribution in [0.4, 0.5) is 0 Å². The standard InChI is InChI=1S/C13H13NO.ClH/c1-2-13(14)11-4-3-10-8-12(15)6-5-9(10)7-11;/h2-8,13,15H,1,14H2;1H/t13-;/m0./s1. The zero-order valence-electron chi connectivity index (χ0n) is 8.76. The molecule has 0 aliphatic carbocycles. The summed E-state index contributed by atoms with van der Waals surface area (Å²) in [6, 6.07) is 11.1. The van der Waals surface area contributed by atoms with Crippen molar-refractivity contribution in [2.24, 2.45) is 5.73 Å². The predicted octanol–water partition coefficient (Wildman–Crippen LogP) is 3.15. The third-order valence-corrected chi connectivity index (χ3v) is 2.49. The maximum atomic E-state index is 9.31. The number of rotatable bonds is 2. The molecule has 0 aromatic heterocycles. The van der Waals surface area contributed by atoms with Crippen molar-refractivity contribution in [2.75, 3.05) is 0 Å². The average Bonchev–Trinajstić information content (AvgIpc) is 2.27. The molecule has 0 saturated heterocycles. The SMILES string of the molecule is C=C[C@H](N)c1ccc2cc(O)ccc2c1.Cl. The highest BCUT2D eigenvalue weighted by Crippen LogP contribution is 2.23. The van der Waals surface area contributed by atoms with Gasteiger partial charge in [-0.05, 0) is 34.5 Å². The summed E-state index contributed by atoms with van der Waals surface area (Å²) >= 11 is 0. The molecule has 2 rings (SSSR count). The Labute approximate surface area is 101 Å². The fraction of sp³-hybridized carbons (Fsp3) is 0.0769. The minimum Gasteiger partial charge on any atom is -0.508 e. The fourth-order valence-electron chi connectivity index (χ4n) is 1.60. The Hall–Kier alpha value is -1.51. The number of halogens is 1. The van der Waals surface area contributed by atoms with E-state index in [2.05, 4.69) is 6.58 Å². The number of phenolic OH excluding ortho intramolecular Hbond substituents is 1. The summed E-state index contributed by atoms with van der Waals surface area (Å²) in [6.07, 6.45) is 1.71. The van der Waals surface area contributed by atoms with Crippen molar-refractivity contribution < 1.29 is 5.11 Å². The smallest absolute Gasteiger partial charge is 0.116 e. The summed E-state index contributed by atoms with van der Waals surface area (Å²) in [5.74, 6) is 0.281. The van der Waals surface area contributed by atoms with Crippen LogP contribution in [0.5, 0.6) is 5.75 Å². The molecule has 0 heterocycles. The molecule has 0 unspecified atom stereocenters. The first-order chi connectivity index (χ1) is 7.20. The molecule has 3 heteroatoms. The molecule has 0 saturated carbocycles. The van der Waals surface area contributed by atoms with Crippen LogP contribution in [0.2, 0.25) is 0 Å². The highest BCUT2D eigenvalue weighted by molar-refractivity contribution is 5.85. The molecule has 1 atom stereocenters. The van der Waals surface area contributed by atoms with Crippen LogP contribution in [0.1, 0.15) is 11.6 Å². The minimum atomic E-state index is -0.136. The summed E-state index contributed by atoms with van der Waals surface area (Å²) in [4.78, 5) is 0. The quantitative estimate of drug-likeness (QED) is 0.786. The van der Waals surface area contributed by atoms with E-state index < -0.39 is 0 Å². The van der Waals surface area contributed by atoms with Crippen LogP contribution >= 0.6 is 12.4 Å². The van der Waals surface area contributed by atoms with Crippen LogP contribution < -0.4 is 5.73 Å². The summed E-state index contributed by atoms with van der Waals surface area (Å²) in [5, 5.41) is 11.4. The van der Waals surface area contributed by atoms with E-state index in [1.165, 1.54) is 0 Å². The van der Waals surface area contributed by atoms with E-state index in [1.54, 1.807) is 18.2 Å². The third-order valence-electron chi connectivity index (χ3n) is 2.49. The molecule has 0 aliphatic heterocycles. The molecular formula is C13H14ClNO. The van der Waals surface area contributed by atoms with E-state index in [-0.39, 0.29) is 24.2 Å². The van der Waals surface area contributed by atoms with Gasteiger partial charge in [-0.15, -0.1) is 19.0 Å². The molecule has 3 N–H and O–H groups in total. The van der Waals surface area contributed by atoms with Gasteiger partial charge in [0.1, 0.15) is 5.75 Å². The average molecular weight is 236 g/mol. The zero-order valence-corrected chi connectivity index (χ0v) is 9.58. The Kier molecular flexibility index (Phi) is 3.93. The molecular weight excluding hydrogens is 222 g/mol. The minimum absolute atomic E-state index is 0. The number of aromatic hydroxyl groups is 1. The maximum absolute atomic E-state index is 9.31. The monoisotopic (exact) mass is 235 g/mol. The van der Waals surface area contributed by atoms with Gasteiger partial charge < -0.3 is 10.8 Å². The van der Waals surface area contributed by atoms with E-state index in [9.17, 15) is 5.11 Å². The number of phenols is 1. The van der Waals surface area contributed by atoms with Crippen molar-refractivity contribution in [3.8, 4) is 5.75 Å². The van der Waals surface area contributed by atoms with Crippen LogP contribution in [0.25, 0.3) is 10.8 Å². The largest absolute Gasteiger partial charge is 0.508 e. The lowest BCUT2D eigenvalue weighted by molar-refractivity contribution is 0.476. The summed E-state index contributed by atoms with van der Waals surface area (Å²) in [6.45, 7) is 3.67. The van der Waals surface area contributed by atoms with Gasteiger partial charge in [-0.2, -0.15) is 0 Å². The number of nitrogens with two attached hydrogens (primary N) is 1. The number of benzene rings is 2. The normalized spacial score (nSPS) is 11.8. The summed E-state index contributed by atoms with van der Waals surface area (Å²) in [5.41, 5.74) is 6.88. The lowest BCUT2D eigenvalue weighted by Gasteiger charge is -2.07. The van der Waals surface area contributed by atoms with Gasteiger partial charge in [-0.3, -0.25) is 0 Å². The second-order valence-corrected chi connectivity index (χ2v) is 3.55. The summed E-state index contributed by atoms with van der Waals surface area (Å²) in [7, 11) is 0. The van der Waals surface area contributed by atoms with Gasteiger partial charge in [-0.25, -0.2) is 0 Å². The second-order valence-electron chi connectivity index (χ2n) is 3.55. The zero-order chi connectivity index (χ0) is 10.8. The van der Waals surface area contributed by atoms with Gasteiger partial charge in [-0.1, -0.05) is 24.3 Å². The molecule has 16 heavy (non-hydrogen) atoms. The Balaban J connectivity index is 0.00000128. The van der Waals surface area contributed by atoms with Crippen molar-refractivity contribution in [2.45, 2.75) is 6.04 Å². The van der Waals surface area contributed by atoms with E-state index in [4.69, 9.17) is 5.73 Å². The first-order valence-electron chi connectivity index (χ1n) is 4.81. The van der Waals surface area contributed by atoms with Crippen LogP contribution in [0, 0.1) is 0 Å². The predicted molar refractivity (Wildman–Crippen MR) is 70.0 cm³/mol. The lowest BCUT2D eigenvalue weighted by atomic mass is 10.0. The molecule has 0 aliphatic rings. The van der Waals surface area contributed by atoms with Gasteiger partial charge in [0.25, 0.3) is 0 Å². The van der Waals surface area contributed by atoms with E-state index in [0.717, 1.165) is 16.3 Å². The fourth-order valence-corrected chi connectivity index (χ4v) is 1.60. The Morgan fingerprint density at radius 1 is 1.12 bits per heavy atom. The van der Waals surface area contributed by atoms with Gasteiger partial charge in [0.15, 0.2) is 0 Å². The molecule has 0 amide bonds. The van der Waals surface area contributed by atoms with Crippen molar-refractivity contribution in [1.82, 2.24) is 0 Å². The molecule has 0 fully saturated rings. The van der Waals surface area contributed by atoms with Gasteiger partial charge in [0.05, 0.1) is 0 Å². The van der Waals surface area contributed by atoms with E-state index in [0.29, 0.717) is 0 Å². The molecule has 0 spiro atoms. The van der Waals surface area contributed by atoms with Crippen LogP contribution in [-0.4, -0.2) is 5.11 Å². The van der Waals surface area contributed by atoms with E-state index >= 15 is 0 Å². The molecule has 0 bridgehead atoms. The molecule has 2 aromatic rings. The molecule has 2 nitrogen and oxygen atoms in total. The Bertz CT molecular complexity index is 510. The van der Waals surface area contributed by atoms with Crippen molar-refractivity contribution >= 4 is 23.2 Å². The Morgan fingerprint density at radius 3 is 2.44 bits per heavy atom. The van der Waals surface area contributed by atoms with Crippen LogP contribution in [0.15, 0.2) is 49.1 Å². The second kappa shape index (κ2) is 5.01. The summed E-state index contributed by atoms with van der Waals surface area (Å²) < 4.78 is 0. The van der Waals surface area contributed by atoms with Gasteiger partial charge in [0.2, 0.25) is 0 Å². The van der Waals surface area contributed by atoms with Crippen molar-refractivity contribution in [3.05, 3.63) is 54.6 Å². The third kappa shape index (κ3) is 2.35. The van der Waals surface area contributed by atoms with Crippen molar-refractivity contribution in [3.63, 3.8) is 0 Å². The van der Waals surface area contributed by atoms with E-state index in [1.807, 2.05) is 24.3 Å². The van der Waals surface area contributed by atoms with Crippen molar-refractivity contribution in [1.29, 1.82) is 0 Å². The number of hydrogen-bond acceptors (Lipinski definition) is 2. The highest BCUT2D eigenvalue weighted by Gasteiger charge is 2.02. The molecule has 84 valence electrons. The molecule has 2 aromatic carbocycles. The van der Waals surface area contributed by atoms with Gasteiger partial charge in [0, 0.05) is 6.04 Å². The number of fused-ring (bicyclic) bond motifs is 1. The topological polar surface area (TPSA) is 46.2 Å². The lowest BCUT2D eigenvalue weighted by Crippen LogP contribution is -2.05. The highest BCUT2D eigenvalue weighted by atomic mass is 35.5. The molecule has 0 radical (unpaired) electrons. The van der Waals surface area contributed by atoms with Crippen LogP contribution in [0.3, 0.4) is 0 Å². The van der Waals surface area contributed by atoms with Crippen LogP contribution in [-0.2, 0) is 0 Å². The Morgan fingerprint density at radius 2 is 1.75 bits per heavy atom. The first-order valence-corrected chi connectivity index (χ1v) is 4.81.